The molecule has 0 aliphatic rings. The molecule has 0 radical (unpaired) electrons. The van der Waals surface area contributed by atoms with Crippen molar-refractivity contribution < 1.29 is 19.1 Å². The zero-order valence-corrected chi connectivity index (χ0v) is 22.6. The van der Waals surface area contributed by atoms with Crippen LogP contribution in [0.5, 0.6) is 0 Å². The van der Waals surface area contributed by atoms with Crippen LogP contribution in [0.3, 0.4) is 0 Å². The molecular formula is C27H33N5O4S. The summed E-state index contributed by atoms with van der Waals surface area (Å²) in [6.07, 6.45) is 0.736. The number of aromatic nitrogens is 3. The topological polar surface area (TPSA) is 115 Å². The third kappa shape index (κ3) is 7.66. The van der Waals surface area contributed by atoms with Gasteiger partial charge in [0.1, 0.15) is 0 Å². The van der Waals surface area contributed by atoms with E-state index in [2.05, 4.69) is 20.8 Å². The van der Waals surface area contributed by atoms with E-state index in [0.29, 0.717) is 34.4 Å². The number of aryl methyl sites for hydroxylation is 1. The normalized spacial score (nSPS) is 11.7. The molecule has 37 heavy (non-hydrogen) atoms. The molecule has 9 nitrogen and oxygen atoms in total. The highest BCUT2D eigenvalue weighted by Gasteiger charge is 2.25. The van der Waals surface area contributed by atoms with E-state index in [1.165, 1.54) is 11.8 Å². The number of carbonyl (C=O) groups excluding carboxylic acids is 3. The summed E-state index contributed by atoms with van der Waals surface area (Å²) >= 11 is 1.24. The van der Waals surface area contributed by atoms with E-state index in [1.54, 1.807) is 41.0 Å². The molecule has 1 atom stereocenters. The Hall–Kier alpha value is -3.66. The smallest absolute Gasteiger partial charge is 0.338 e. The number of esters is 1. The molecule has 0 unspecified atom stereocenters. The lowest BCUT2D eigenvalue weighted by atomic mass is 10.0. The van der Waals surface area contributed by atoms with Crippen molar-refractivity contribution in [2.45, 2.75) is 45.3 Å². The summed E-state index contributed by atoms with van der Waals surface area (Å²) in [5.74, 6) is -0.0873. The highest BCUT2D eigenvalue weighted by Crippen LogP contribution is 2.25. The Morgan fingerprint density at radius 1 is 1.05 bits per heavy atom. The van der Waals surface area contributed by atoms with E-state index in [4.69, 9.17) is 4.74 Å². The first kappa shape index (κ1) is 27.9. The zero-order valence-electron chi connectivity index (χ0n) is 21.8. The van der Waals surface area contributed by atoms with Crippen LogP contribution >= 0.6 is 11.8 Å². The minimum Gasteiger partial charge on any atom is -0.462 e. The predicted octanol–water partition coefficient (Wildman–Crippen LogP) is 4.55. The van der Waals surface area contributed by atoms with Gasteiger partial charge < -0.3 is 19.9 Å². The quantitative estimate of drug-likeness (QED) is 0.280. The van der Waals surface area contributed by atoms with Crippen LogP contribution in [0.25, 0.3) is 0 Å². The fourth-order valence-electron chi connectivity index (χ4n) is 3.51. The average Bonchev–Trinajstić information content (AvgIpc) is 3.24. The summed E-state index contributed by atoms with van der Waals surface area (Å²) in [6, 6.07) is 13.7. The molecule has 0 fully saturated rings. The molecule has 1 aromatic heterocycles. The van der Waals surface area contributed by atoms with E-state index >= 15 is 0 Å². The lowest BCUT2D eigenvalue weighted by Gasteiger charge is -2.21. The molecule has 2 aromatic carbocycles. The number of ether oxygens (including phenoxy) is 1. The largest absolute Gasteiger partial charge is 0.462 e. The molecule has 0 bridgehead atoms. The van der Waals surface area contributed by atoms with Gasteiger partial charge in [0.25, 0.3) is 5.91 Å². The highest BCUT2D eigenvalue weighted by molar-refractivity contribution is 7.99. The average molecular weight is 524 g/mol. The molecule has 2 N–H and O–H groups in total. The van der Waals surface area contributed by atoms with Gasteiger partial charge in [-0.15, -0.1) is 10.2 Å². The number of carbonyl (C=O) groups is 3. The van der Waals surface area contributed by atoms with Crippen LogP contribution in [-0.4, -0.2) is 44.9 Å². The summed E-state index contributed by atoms with van der Waals surface area (Å²) in [5, 5.41) is 15.0. The maximum absolute atomic E-state index is 12.8. The van der Waals surface area contributed by atoms with Gasteiger partial charge >= 0.3 is 5.97 Å². The number of amides is 2. The maximum Gasteiger partial charge on any atom is 0.338 e. The van der Waals surface area contributed by atoms with Crippen molar-refractivity contribution >= 4 is 35.2 Å². The SMILES string of the molecule is CCCOC(=O)c1cccc(NC(=O)CSc2nnc([C@H](NC(=O)c3ccc(C)cc3)C(C)C)n2C)c1. The number of nitrogens with one attached hydrogen (secondary N) is 2. The van der Waals surface area contributed by atoms with Crippen LogP contribution in [0.2, 0.25) is 0 Å². The van der Waals surface area contributed by atoms with Crippen molar-refractivity contribution in [2.75, 3.05) is 17.7 Å². The number of hydrogen-bond donors (Lipinski definition) is 2. The summed E-state index contributed by atoms with van der Waals surface area (Å²) in [5.41, 5.74) is 2.55. The Morgan fingerprint density at radius 3 is 2.46 bits per heavy atom. The van der Waals surface area contributed by atoms with Gasteiger partial charge in [-0.2, -0.15) is 0 Å². The summed E-state index contributed by atoms with van der Waals surface area (Å²) < 4.78 is 6.94. The summed E-state index contributed by atoms with van der Waals surface area (Å²) in [7, 11) is 1.81. The number of benzene rings is 2. The first-order chi connectivity index (χ1) is 17.7. The van der Waals surface area contributed by atoms with E-state index in [9.17, 15) is 14.4 Å². The number of thioether (sulfide) groups is 1. The van der Waals surface area contributed by atoms with Crippen molar-refractivity contribution in [1.82, 2.24) is 20.1 Å². The van der Waals surface area contributed by atoms with Crippen molar-refractivity contribution in [1.29, 1.82) is 0 Å². The first-order valence-corrected chi connectivity index (χ1v) is 13.1. The van der Waals surface area contributed by atoms with Crippen LogP contribution in [0.1, 0.15) is 65.3 Å². The Balaban J connectivity index is 1.62. The maximum atomic E-state index is 12.8. The third-order valence-corrected chi connectivity index (χ3v) is 6.59. The molecular weight excluding hydrogens is 490 g/mol. The molecule has 2 amide bonds. The first-order valence-electron chi connectivity index (χ1n) is 12.2. The molecule has 0 saturated carbocycles. The Labute approximate surface area is 221 Å². The minimum atomic E-state index is -0.423. The van der Waals surface area contributed by atoms with Crippen molar-refractivity contribution in [3.63, 3.8) is 0 Å². The van der Waals surface area contributed by atoms with Crippen molar-refractivity contribution in [3.8, 4) is 0 Å². The fourth-order valence-corrected chi connectivity index (χ4v) is 4.23. The lowest BCUT2D eigenvalue weighted by Crippen LogP contribution is -2.33. The van der Waals surface area contributed by atoms with Gasteiger partial charge in [0.2, 0.25) is 5.91 Å². The van der Waals surface area contributed by atoms with Gasteiger partial charge in [0, 0.05) is 18.3 Å². The monoisotopic (exact) mass is 523 g/mol. The highest BCUT2D eigenvalue weighted by atomic mass is 32.2. The van der Waals surface area contributed by atoms with E-state index in [1.807, 2.05) is 46.9 Å². The van der Waals surface area contributed by atoms with Gasteiger partial charge in [-0.05, 0) is 49.6 Å². The molecule has 0 aliphatic carbocycles. The fraction of sp³-hybridized carbons (Fsp3) is 0.370. The van der Waals surface area contributed by atoms with Crippen LogP contribution in [0.4, 0.5) is 5.69 Å². The standard InChI is InChI=1S/C27H33N5O4S/c1-6-14-36-26(35)20-8-7-9-21(15-20)28-22(33)16-37-27-31-30-24(32(27)5)23(17(2)3)29-25(34)19-12-10-18(4)11-13-19/h7-13,15,17,23H,6,14,16H2,1-5H3,(H,28,33)(H,29,34)/t23-/m1/s1. The second-order valence-electron chi connectivity index (χ2n) is 9.01. The zero-order chi connectivity index (χ0) is 26.9. The second kappa shape index (κ2) is 13.0. The van der Waals surface area contributed by atoms with Gasteiger partial charge in [-0.3, -0.25) is 9.59 Å². The minimum absolute atomic E-state index is 0.0646. The number of rotatable bonds is 11. The van der Waals surface area contributed by atoms with Crippen LogP contribution in [-0.2, 0) is 16.6 Å². The van der Waals surface area contributed by atoms with E-state index < -0.39 is 5.97 Å². The Bertz CT molecular complexity index is 1240. The molecule has 3 aromatic rings. The Kier molecular flexibility index (Phi) is 9.85. The molecule has 0 spiro atoms. The van der Waals surface area contributed by atoms with Gasteiger partial charge in [0.15, 0.2) is 11.0 Å². The number of anilines is 1. The number of nitrogens with zero attached hydrogens (tertiary/aromatic N) is 3. The molecule has 196 valence electrons. The molecule has 0 saturated heterocycles. The van der Waals surface area contributed by atoms with Gasteiger partial charge in [-0.1, -0.05) is 56.3 Å². The number of hydrogen-bond acceptors (Lipinski definition) is 7. The molecule has 0 aliphatic heterocycles. The summed E-state index contributed by atoms with van der Waals surface area (Å²) in [6.45, 7) is 8.24. The Morgan fingerprint density at radius 2 is 1.78 bits per heavy atom. The van der Waals surface area contributed by atoms with Crippen LogP contribution < -0.4 is 10.6 Å². The predicted molar refractivity (Wildman–Crippen MR) is 144 cm³/mol. The van der Waals surface area contributed by atoms with Crippen molar-refractivity contribution in [3.05, 3.63) is 71.0 Å². The molecule has 10 heteroatoms. The van der Waals surface area contributed by atoms with Crippen LogP contribution in [0, 0.1) is 12.8 Å². The molecule has 3 rings (SSSR count). The van der Waals surface area contributed by atoms with E-state index in [0.717, 1.165) is 12.0 Å². The van der Waals surface area contributed by atoms with E-state index in [-0.39, 0.29) is 29.5 Å². The second-order valence-corrected chi connectivity index (χ2v) is 9.96. The summed E-state index contributed by atoms with van der Waals surface area (Å²) in [4.78, 5) is 37.4. The van der Waals surface area contributed by atoms with Gasteiger partial charge in [-0.25, -0.2) is 4.79 Å². The van der Waals surface area contributed by atoms with Crippen molar-refractivity contribution in [2.24, 2.45) is 13.0 Å². The lowest BCUT2D eigenvalue weighted by molar-refractivity contribution is -0.113. The van der Waals surface area contributed by atoms with Crippen LogP contribution in [0.15, 0.2) is 53.7 Å². The molecule has 1 heterocycles. The van der Waals surface area contributed by atoms with Gasteiger partial charge in [0.05, 0.1) is 24.0 Å². The third-order valence-electron chi connectivity index (χ3n) is 5.57.